The largest absolute Gasteiger partial charge is 0.422 e. The van der Waals surface area contributed by atoms with Crippen molar-refractivity contribution in [2.24, 2.45) is 10.9 Å². The van der Waals surface area contributed by atoms with E-state index in [0.717, 1.165) is 5.56 Å². The van der Waals surface area contributed by atoms with E-state index in [1.54, 1.807) is 68.6 Å². The number of aliphatic imine (C=N–C) groups is 1. The first-order chi connectivity index (χ1) is 15.2. The number of carbonyl (C=O) groups excluding carboxylic acids is 2. The van der Waals surface area contributed by atoms with Crippen molar-refractivity contribution in [3.8, 4) is 11.5 Å². The Morgan fingerprint density at radius 2 is 1.66 bits per heavy atom. The number of benzene rings is 3. The van der Waals surface area contributed by atoms with E-state index in [4.69, 9.17) is 21.1 Å². The number of esters is 2. The molecule has 0 N–H and O–H groups in total. The quantitative estimate of drug-likeness (QED) is 0.203. The van der Waals surface area contributed by atoms with Crippen LogP contribution in [0.25, 0.3) is 0 Å². The first kappa shape index (κ1) is 23.7. The summed E-state index contributed by atoms with van der Waals surface area (Å²) in [6, 6.07) is 17.3. The monoisotopic (exact) mass is 513 g/mol. The maximum Gasteiger partial charge on any atom is 0.343 e. The summed E-state index contributed by atoms with van der Waals surface area (Å²) in [6.07, 6.45) is 1.54. The molecule has 32 heavy (non-hydrogen) atoms. The molecular formula is C25H21BrClNO4. The van der Waals surface area contributed by atoms with Crippen molar-refractivity contribution in [1.29, 1.82) is 0 Å². The second kappa shape index (κ2) is 10.6. The highest BCUT2D eigenvalue weighted by Gasteiger charge is 2.21. The summed E-state index contributed by atoms with van der Waals surface area (Å²) in [7, 11) is 0. The van der Waals surface area contributed by atoms with Gasteiger partial charge in [-0.2, -0.15) is 0 Å². The molecule has 0 spiro atoms. The number of halogens is 2. The van der Waals surface area contributed by atoms with Gasteiger partial charge < -0.3 is 9.47 Å². The maximum atomic E-state index is 12.7. The van der Waals surface area contributed by atoms with Crippen LogP contribution in [0.5, 0.6) is 11.5 Å². The van der Waals surface area contributed by atoms with E-state index in [1.165, 1.54) is 0 Å². The average molecular weight is 515 g/mol. The number of hydrogen-bond donors (Lipinski definition) is 0. The van der Waals surface area contributed by atoms with Gasteiger partial charge in [0.05, 0.1) is 17.2 Å². The number of carbonyl (C=O) groups is 2. The van der Waals surface area contributed by atoms with Crippen LogP contribution in [0.15, 0.2) is 70.1 Å². The molecule has 164 valence electrons. The van der Waals surface area contributed by atoms with Gasteiger partial charge in [-0.15, -0.1) is 0 Å². The lowest BCUT2D eigenvalue weighted by molar-refractivity contribution is -0.137. The molecule has 0 aliphatic rings. The summed E-state index contributed by atoms with van der Waals surface area (Å²) in [5, 5.41) is 0.600. The average Bonchev–Trinajstić information content (AvgIpc) is 2.75. The summed E-state index contributed by atoms with van der Waals surface area (Å²) >= 11 is 9.35. The van der Waals surface area contributed by atoms with Crippen LogP contribution in [-0.2, 0) is 4.79 Å². The molecule has 0 aliphatic heterocycles. The Labute approximate surface area is 200 Å². The summed E-state index contributed by atoms with van der Waals surface area (Å²) in [6.45, 7) is 5.38. The Morgan fingerprint density at radius 1 is 1.00 bits per heavy atom. The topological polar surface area (TPSA) is 65.0 Å². The number of rotatable bonds is 6. The van der Waals surface area contributed by atoms with Crippen molar-refractivity contribution in [2.45, 2.75) is 20.8 Å². The molecule has 3 aromatic carbocycles. The van der Waals surface area contributed by atoms with Crippen molar-refractivity contribution in [2.75, 3.05) is 0 Å². The van der Waals surface area contributed by atoms with Crippen molar-refractivity contribution < 1.29 is 19.1 Å². The van der Waals surface area contributed by atoms with E-state index in [2.05, 4.69) is 20.9 Å². The molecule has 0 bridgehead atoms. The number of aryl methyl sites for hydroxylation is 1. The van der Waals surface area contributed by atoms with Crippen LogP contribution in [0.3, 0.4) is 0 Å². The number of nitrogens with zero attached hydrogens (tertiary/aromatic N) is 1. The van der Waals surface area contributed by atoms with Crippen molar-refractivity contribution in [1.82, 2.24) is 0 Å². The molecule has 0 aromatic heterocycles. The van der Waals surface area contributed by atoms with Gasteiger partial charge in [0.2, 0.25) is 0 Å². The molecule has 0 fully saturated rings. The first-order valence-corrected chi connectivity index (χ1v) is 11.0. The van der Waals surface area contributed by atoms with Crippen LogP contribution in [0.4, 0.5) is 5.69 Å². The molecular weight excluding hydrogens is 494 g/mol. The van der Waals surface area contributed by atoms with Crippen LogP contribution < -0.4 is 9.47 Å². The fourth-order valence-corrected chi connectivity index (χ4v) is 3.19. The van der Waals surface area contributed by atoms with Gasteiger partial charge in [-0.1, -0.05) is 59.1 Å². The highest BCUT2D eigenvalue weighted by molar-refractivity contribution is 9.10. The third-order valence-corrected chi connectivity index (χ3v) is 5.10. The van der Waals surface area contributed by atoms with E-state index in [-0.39, 0.29) is 17.4 Å². The van der Waals surface area contributed by atoms with Crippen LogP contribution in [0.2, 0.25) is 5.02 Å². The first-order valence-electron chi connectivity index (χ1n) is 9.86. The summed E-state index contributed by atoms with van der Waals surface area (Å²) in [4.78, 5) is 29.5. The second-order valence-corrected chi connectivity index (χ2v) is 8.74. The summed E-state index contributed by atoms with van der Waals surface area (Å²) in [5.74, 6) is -1.17. The Balaban J connectivity index is 2.00. The van der Waals surface area contributed by atoms with Crippen molar-refractivity contribution >= 4 is 51.4 Å². The normalized spacial score (nSPS) is 11.1. The van der Waals surface area contributed by atoms with E-state index in [9.17, 15) is 9.59 Å². The number of hydrogen-bond acceptors (Lipinski definition) is 5. The molecule has 0 unspecified atom stereocenters. The van der Waals surface area contributed by atoms with E-state index in [1.807, 2.05) is 19.1 Å². The Morgan fingerprint density at radius 3 is 2.28 bits per heavy atom. The lowest BCUT2D eigenvalue weighted by atomic mass is 10.1. The van der Waals surface area contributed by atoms with Crippen LogP contribution in [0.1, 0.15) is 35.3 Å². The standard InChI is InChI=1S/C25H21BrClNO4/c1-15(2)24(29)32-23-18(14-28-21-10-8-20(27)9-11-21)12-19(26)13-22(23)31-25(30)17-6-4-16(3)5-7-17/h4-15H,1-3H3. The Kier molecular flexibility index (Phi) is 7.83. The van der Waals surface area contributed by atoms with Crippen LogP contribution >= 0.6 is 27.5 Å². The molecule has 0 atom stereocenters. The summed E-state index contributed by atoms with van der Waals surface area (Å²) in [5.41, 5.74) is 2.54. The second-order valence-electron chi connectivity index (χ2n) is 7.39. The van der Waals surface area contributed by atoms with Crippen LogP contribution in [0, 0.1) is 12.8 Å². The van der Waals surface area contributed by atoms with Gasteiger partial charge in [-0.3, -0.25) is 9.79 Å². The highest BCUT2D eigenvalue weighted by Crippen LogP contribution is 2.36. The van der Waals surface area contributed by atoms with Gasteiger partial charge in [0.15, 0.2) is 11.5 Å². The molecule has 0 saturated heterocycles. The molecule has 7 heteroatoms. The predicted octanol–water partition coefficient (Wildman–Crippen LogP) is 6.94. The van der Waals surface area contributed by atoms with Gasteiger partial charge >= 0.3 is 11.9 Å². The van der Waals surface area contributed by atoms with Gasteiger partial charge in [0, 0.05) is 21.3 Å². The molecule has 5 nitrogen and oxygen atoms in total. The maximum absolute atomic E-state index is 12.7. The zero-order valence-corrected chi connectivity index (χ0v) is 20.1. The SMILES string of the molecule is Cc1ccc(C(=O)Oc2cc(Br)cc(C=Nc3ccc(Cl)cc3)c2OC(=O)C(C)C)cc1. The Bertz CT molecular complexity index is 1160. The molecule has 0 aliphatic carbocycles. The van der Waals surface area contributed by atoms with E-state index < -0.39 is 11.9 Å². The van der Waals surface area contributed by atoms with Gasteiger partial charge in [-0.05, 0) is 55.5 Å². The zero-order valence-electron chi connectivity index (χ0n) is 17.8. The predicted molar refractivity (Wildman–Crippen MR) is 129 cm³/mol. The smallest absolute Gasteiger partial charge is 0.343 e. The van der Waals surface area contributed by atoms with Gasteiger partial charge in [-0.25, -0.2) is 4.79 Å². The minimum atomic E-state index is -0.564. The van der Waals surface area contributed by atoms with Gasteiger partial charge in [0.1, 0.15) is 0 Å². The summed E-state index contributed by atoms with van der Waals surface area (Å²) < 4.78 is 11.9. The van der Waals surface area contributed by atoms with E-state index >= 15 is 0 Å². The molecule has 0 heterocycles. The van der Waals surface area contributed by atoms with Crippen LogP contribution in [-0.4, -0.2) is 18.2 Å². The lowest BCUT2D eigenvalue weighted by Crippen LogP contribution is -2.17. The highest BCUT2D eigenvalue weighted by atomic mass is 79.9. The molecule has 3 rings (SSSR count). The van der Waals surface area contributed by atoms with Gasteiger partial charge in [0.25, 0.3) is 0 Å². The molecule has 0 saturated carbocycles. The Hall–Kier alpha value is -2.96. The number of ether oxygens (including phenoxy) is 2. The molecule has 3 aromatic rings. The van der Waals surface area contributed by atoms with Crippen molar-refractivity contribution in [3.63, 3.8) is 0 Å². The fraction of sp³-hybridized carbons (Fsp3) is 0.160. The lowest BCUT2D eigenvalue weighted by Gasteiger charge is -2.15. The minimum Gasteiger partial charge on any atom is -0.422 e. The zero-order chi connectivity index (χ0) is 23.3. The minimum absolute atomic E-state index is 0.108. The fourth-order valence-electron chi connectivity index (χ4n) is 2.61. The third-order valence-electron chi connectivity index (χ3n) is 4.39. The van der Waals surface area contributed by atoms with E-state index in [0.29, 0.717) is 26.3 Å². The van der Waals surface area contributed by atoms with Crippen molar-refractivity contribution in [3.05, 3.63) is 86.8 Å². The third kappa shape index (κ3) is 6.28. The molecule has 0 amide bonds. The molecule has 0 radical (unpaired) electrons.